The molecule has 1 saturated heterocycles. The first-order valence-electron chi connectivity index (χ1n) is 7.24. The van der Waals surface area contributed by atoms with Crippen molar-refractivity contribution in [3.05, 3.63) is 48.3 Å². The van der Waals surface area contributed by atoms with Crippen molar-refractivity contribution in [1.29, 1.82) is 0 Å². The summed E-state index contributed by atoms with van der Waals surface area (Å²) in [6.07, 6.45) is 5.35. The molecule has 1 aliphatic heterocycles. The third kappa shape index (κ3) is 3.79. The van der Waals surface area contributed by atoms with Gasteiger partial charge in [0.05, 0.1) is 11.7 Å². The average molecular weight is 299 g/mol. The molecule has 0 bridgehead atoms. The molecule has 2 aromatic rings. The Morgan fingerprint density at radius 2 is 2.27 bits per heavy atom. The van der Waals surface area contributed by atoms with Gasteiger partial charge in [-0.2, -0.15) is 0 Å². The zero-order chi connectivity index (χ0) is 15.2. The van der Waals surface area contributed by atoms with Gasteiger partial charge in [-0.1, -0.05) is 6.07 Å². The van der Waals surface area contributed by atoms with Crippen LogP contribution in [0.2, 0.25) is 0 Å². The molecule has 1 unspecified atom stereocenters. The van der Waals surface area contributed by atoms with Crippen LogP contribution in [0.15, 0.2) is 42.7 Å². The molecule has 3 heterocycles. The minimum Gasteiger partial charge on any atom is -0.475 e. The maximum Gasteiger partial charge on any atom is 0.258 e. The monoisotopic (exact) mass is 299 g/mol. The minimum atomic E-state index is -0.253. The number of rotatable bonds is 5. The molecule has 1 amide bonds. The van der Waals surface area contributed by atoms with Crippen LogP contribution in [-0.4, -0.2) is 35.2 Å². The van der Waals surface area contributed by atoms with E-state index in [0.29, 0.717) is 23.9 Å². The molecular weight excluding hydrogens is 282 g/mol. The van der Waals surface area contributed by atoms with Gasteiger partial charge in [0.1, 0.15) is 12.4 Å². The van der Waals surface area contributed by atoms with Crippen molar-refractivity contribution in [2.45, 2.75) is 18.9 Å². The average Bonchev–Trinajstić information content (AvgIpc) is 3.08. The lowest BCUT2D eigenvalue weighted by atomic mass is 10.2. The Hall–Kier alpha value is -2.47. The molecule has 0 aliphatic carbocycles. The first kappa shape index (κ1) is 14.5. The summed E-state index contributed by atoms with van der Waals surface area (Å²) in [6.45, 7) is 1.29. The number of carbonyl (C=O) groups excluding carboxylic acids is 1. The van der Waals surface area contributed by atoms with E-state index in [-0.39, 0.29) is 12.0 Å². The van der Waals surface area contributed by atoms with E-state index in [1.165, 1.54) is 6.20 Å². The van der Waals surface area contributed by atoms with Gasteiger partial charge in [0.15, 0.2) is 0 Å². The predicted octanol–water partition coefficient (Wildman–Crippen LogP) is 2.29. The Bertz CT molecular complexity index is 610. The van der Waals surface area contributed by atoms with Gasteiger partial charge in [0, 0.05) is 25.1 Å². The van der Waals surface area contributed by atoms with Crippen molar-refractivity contribution >= 4 is 11.7 Å². The topological polar surface area (TPSA) is 73.3 Å². The molecule has 2 aromatic heterocycles. The molecule has 6 heteroatoms. The zero-order valence-electron chi connectivity index (χ0n) is 12.1. The van der Waals surface area contributed by atoms with Gasteiger partial charge in [0.25, 0.3) is 5.91 Å². The van der Waals surface area contributed by atoms with E-state index in [1.807, 2.05) is 6.07 Å². The Balaban J connectivity index is 1.55. The van der Waals surface area contributed by atoms with Crippen molar-refractivity contribution in [2.75, 3.05) is 18.5 Å². The van der Waals surface area contributed by atoms with Crippen molar-refractivity contribution in [3.8, 4) is 5.88 Å². The van der Waals surface area contributed by atoms with Gasteiger partial charge in [0.2, 0.25) is 5.88 Å². The maximum absolute atomic E-state index is 12.0. The lowest BCUT2D eigenvalue weighted by Crippen LogP contribution is -2.17. The van der Waals surface area contributed by atoms with Crippen LogP contribution in [0, 0.1) is 0 Å². The molecule has 114 valence electrons. The van der Waals surface area contributed by atoms with Crippen molar-refractivity contribution < 1.29 is 14.3 Å². The molecule has 0 spiro atoms. The van der Waals surface area contributed by atoms with Crippen LogP contribution in [0.4, 0.5) is 5.82 Å². The Labute approximate surface area is 128 Å². The van der Waals surface area contributed by atoms with Crippen molar-refractivity contribution in [1.82, 2.24) is 9.97 Å². The molecule has 1 aliphatic rings. The van der Waals surface area contributed by atoms with E-state index in [2.05, 4.69) is 15.3 Å². The normalized spacial score (nSPS) is 17.2. The fourth-order valence-electron chi connectivity index (χ4n) is 2.18. The lowest BCUT2D eigenvalue weighted by molar-refractivity contribution is 0.0663. The number of amides is 1. The molecule has 1 N–H and O–H groups in total. The Morgan fingerprint density at radius 1 is 1.32 bits per heavy atom. The van der Waals surface area contributed by atoms with Gasteiger partial charge in [-0.05, 0) is 31.0 Å². The summed E-state index contributed by atoms with van der Waals surface area (Å²) in [5.41, 5.74) is 0.454. The van der Waals surface area contributed by atoms with E-state index < -0.39 is 0 Å². The van der Waals surface area contributed by atoms with Crippen molar-refractivity contribution in [2.24, 2.45) is 0 Å². The standard InChI is InChI=1S/C16H17N3O3/c20-16(19-14-5-1-2-8-17-14)12-6-7-15(18-10-12)22-11-13-4-3-9-21-13/h1-2,5-8,10,13H,3-4,9,11H2,(H,17,19,20). The number of ether oxygens (including phenoxy) is 2. The lowest BCUT2D eigenvalue weighted by Gasteiger charge is -2.10. The highest BCUT2D eigenvalue weighted by molar-refractivity contribution is 6.03. The summed E-state index contributed by atoms with van der Waals surface area (Å²) >= 11 is 0. The number of hydrogen-bond donors (Lipinski definition) is 1. The highest BCUT2D eigenvalue weighted by Gasteiger charge is 2.16. The van der Waals surface area contributed by atoms with Crippen LogP contribution in [0.25, 0.3) is 0 Å². The second kappa shape index (κ2) is 7.00. The Kier molecular flexibility index (Phi) is 4.60. The molecular formula is C16H17N3O3. The van der Waals surface area contributed by atoms with Gasteiger partial charge in [-0.3, -0.25) is 4.79 Å². The molecule has 3 rings (SSSR count). The second-order valence-electron chi connectivity index (χ2n) is 5.00. The number of nitrogens with zero attached hydrogens (tertiary/aromatic N) is 2. The van der Waals surface area contributed by atoms with Crippen LogP contribution in [0.3, 0.4) is 0 Å². The largest absolute Gasteiger partial charge is 0.475 e. The highest BCUT2D eigenvalue weighted by Crippen LogP contribution is 2.15. The van der Waals surface area contributed by atoms with E-state index >= 15 is 0 Å². The van der Waals surface area contributed by atoms with E-state index in [9.17, 15) is 4.79 Å². The fraction of sp³-hybridized carbons (Fsp3) is 0.312. The van der Waals surface area contributed by atoms with Gasteiger partial charge in [-0.15, -0.1) is 0 Å². The zero-order valence-corrected chi connectivity index (χ0v) is 12.1. The van der Waals surface area contributed by atoms with E-state index in [1.54, 1.807) is 30.5 Å². The summed E-state index contributed by atoms with van der Waals surface area (Å²) in [6, 6.07) is 8.68. The van der Waals surface area contributed by atoms with Gasteiger partial charge >= 0.3 is 0 Å². The van der Waals surface area contributed by atoms with Crippen LogP contribution in [0.1, 0.15) is 23.2 Å². The SMILES string of the molecule is O=C(Nc1ccccn1)c1ccc(OCC2CCCO2)nc1. The maximum atomic E-state index is 12.0. The third-order valence-electron chi connectivity index (χ3n) is 3.35. The molecule has 1 fully saturated rings. The Morgan fingerprint density at radius 3 is 2.95 bits per heavy atom. The number of aromatic nitrogens is 2. The summed E-state index contributed by atoms with van der Waals surface area (Å²) in [5.74, 6) is 0.743. The molecule has 6 nitrogen and oxygen atoms in total. The first-order valence-corrected chi connectivity index (χ1v) is 7.24. The molecule has 1 atom stereocenters. The second-order valence-corrected chi connectivity index (χ2v) is 5.00. The molecule has 0 saturated carbocycles. The summed E-state index contributed by atoms with van der Waals surface area (Å²) in [7, 11) is 0. The first-order chi connectivity index (χ1) is 10.8. The number of nitrogens with one attached hydrogen (secondary N) is 1. The molecule has 0 aromatic carbocycles. The fourth-order valence-corrected chi connectivity index (χ4v) is 2.18. The smallest absolute Gasteiger partial charge is 0.258 e. The number of anilines is 1. The summed E-state index contributed by atoms with van der Waals surface area (Å²) in [4.78, 5) is 20.2. The van der Waals surface area contributed by atoms with Gasteiger partial charge in [-0.25, -0.2) is 9.97 Å². The summed E-state index contributed by atoms with van der Waals surface area (Å²) < 4.78 is 11.0. The summed E-state index contributed by atoms with van der Waals surface area (Å²) in [5, 5.41) is 2.70. The number of hydrogen-bond acceptors (Lipinski definition) is 5. The third-order valence-corrected chi connectivity index (χ3v) is 3.35. The van der Waals surface area contributed by atoms with Crippen molar-refractivity contribution in [3.63, 3.8) is 0 Å². The molecule has 0 radical (unpaired) electrons. The quantitative estimate of drug-likeness (QED) is 0.917. The predicted molar refractivity (Wildman–Crippen MR) is 80.9 cm³/mol. The number of pyridine rings is 2. The number of carbonyl (C=O) groups is 1. The van der Waals surface area contributed by atoms with E-state index in [0.717, 1.165) is 19.4 Å². The van der Waals surface area contributed by atoms with Crippen LogP contribution in [-0.2, 0) is 4.74 Å². The molecule has 22 heavy (non-hydrogen) atoms. The highest BCUT2D eigenvalue weighted by atomic mass is 16.5. The van der Waals surface area contributed by atoms with E-state index in [4.69, 9.17) is 9.47 Å². The van der Waals surface area contributed by atoms with Gasteiger partial charge < -0.3 is 14.8 Å². The minimum absolute atomic E-state index is 0.147. The van der Waals surface area contributed by atoms with Crippen LogP contribution >= 0.6 is 0 Å². The van der Waals surface area contributed by atoms with Crippen LogP contribution < -0.4 is 10.1 Å². The van der Waals surface area contributed by atoms with Crippen LogP contribution in [0.5, 0.6) is 5.88 Å².